The second-order valence-corrected chi connectivity index (χ2v) is 11.9. The van der Waals surface area contributed by atoms with Crippen LogP contribution in [0, 0.1) is 13.8 Å². The van der Waals surface area contributed by atoms with E-state index in [4.69, 9.17) is 4.98 Å². The van der Waals surface area contributed by atoms with Crippen molar-refractivity contribution >= 4 is 21.8 Å². The van der Waals surface area contributed by atoms with Crippen LogP contribution in [0.25, 0.3) is 72.3 Å². The Labute approximate surface area is 263 Å². The Kier molecular flexibility index (Phi) is 6.61. The average molecular weight is 577 g/mol. The smallest absolute Gasteiger partial charge is 0.0715 e. The van der Waals surface area contributed by atoms with Crippen molar-refractivity contribution in [3.05, 3.63) is 169 Å². The summed E-state index contributed by atoms with van der Waals surface area (Å²) in [5, 5.41) is 2.47. The lowest BCUT2D eigenvalue weighted by molar-refractivity contribution is 1.18. The number of hydrogen-bond donors (Lipinski definition) is 0. The van der Waals surface area contributed by atoms with Gasteiger partial charge in [0.15, 0.2) is 0 Å². The molecule has 8 aromatic rings. The first-order valence-corrected chi connectivity index (χ1v) is 15.5. The first-order chi connectivity index (χ1) is 22.1. The molecule has 0 atom stereocenters. The molecule has 0 aliphatic rings. The first kappa shape index (κ1) is 26.9. The highest BCUT2D eigenvalue weighted by molar-refractivity contribution is 6.11. The fourth-order valence-electron chi connectivity index (χ4n) is 6.31. The molecule has 8 rings (SSSR count). The Hall–Kier alpha value is -5.73. The molecule has 0 aliphatic carbocycles. The van der Waals surface area contributed by atoms with E-state index in [0.29, 0.717) is 0 Å². The van der Waals surface area contributed by atoms with E-state index in [-0.39, 0.29) is 0 Å². The molecule has 214 valence electrons. The van der Waals surface area contributed by atoms with Crippen molar-refractivity contribution in [2.45, 2.75) is 13.8 Å². The van der Waals surface area contributed by atoms with Gasteiger partial charge in [-0.1, -0.05) is 120 Å². The van der Waals surface area contributed by atoms with Gasteiger partial charge in [-0.15, -0.1) is 0 Å². The van der Waals surface area contributed by atoms with Crippen LogP contribution < -0.4 is 0 Å². The summed E-state index contributed by atoms with van der Waals surface area (Å²) in [6, 6.07) is 56.8. The molecule has 0 aliphatic heterocycles. The van der Waals surface area contributed by atoms with Crippen LogP contribution in [-0.4, -0.2) is 9.55 Å². The van der Waals surface area contributed by atoms with Crippen LogP contribution in [0.5, 0.6) is 0 Å². The maximum Gasteiger partial charge on any atom is 0.0715 e. The minimum Gasteiger partial charge on any atom is -0.309 e. The number of benzene rings is 6. The van der Waals surface area contributed by atoms with Gasteiger partial charge in [0.2, 0.25) is 0 Å². The molecule has 2 heteroatoms. The average Bonchev–Trinajstić information content (AvgIpc) is 3.42. The van der Waals surface area contributed by atoms with E-state index >= 15 is 0 Å². The zero-order valence-electron chi connectivity index (χ0n) is 25.4. The zero-order chi connectivity index (χ0) is 30.3. The fraction of sp³-hybridized carbons (Fsp3) is 0.0465. The molecule has 2 nitrogen and oxygen atoms in total. The zero-order valence-corrected chi connectivity index (χ0v) is 25.4. The van der Waals surface area contributed by atoms with Gasteiger partial charge in [-0.2, -0.15) is 0 Å². The van der Waals surface area contributed by atoms with Crippen molar-refractivity contribution in [3.63, 3.8) is 0 Å². The molecule has 2 heterocycles. The third-order valence-electron chi connectivity index (χ3n) is 8.74. The Morgan fingerprint density at radius 1 is 0.378 bits per heavy atom. The number of aromatic nitrogens is 2. The van der Waals surface area contributed by atoms with E-state index in [9.17, 15) is 0 Å². The van der Waals surface area contributed by atoms with Crippen molar-refractivity contribution in [3.8, 4) is 50.5 Å². The molecule has 0 N–H and O–H groups in total. The largest absolute Gasteiger partial charge is 0.309 e. The summed E-state index contributed by atoms with van der Waals surface area (Å²) in [5.41, 5.74) is 15.0. The quantitative estimate of drug-likeness (QED) is 0.199. The lowest BCUT2D eigenvalue weighted by atomic mass is 9.97. The molecule has 0 bridgehead atoms. The molecule has 0 saturated heterocycles. The van der Waals surface area contributed by atoms with E-state index in [1.165, 1.54) is 49.6 Å². The van der Waals surface area contributed by atoms with Gasteiger partial charge in [-0.25, -0.2) is 4.98 Å². The van der Waals surface area contributed by atoms with Crippen molar-refractivity contribution in [2.24, 2.45) is 0 Å². The molecule has 0 spiro atoms. The van der Waals surface area contributed by atoms with Crippen LogP contribution in [0.3, 0.4) is 0 Å². The molecule has 2 aromatic heterocycles. The van der Waals surface area contributed by atoms with E-state index in [2.05, 4.69) is 176 Å². The van der Waals surface area contributed by atoms with Crippen LogP contribution in [-0.2, 0) is 0 Å². The number of para-hydroxylation sites is 1. The lowest BCUT2D eigenvalue weighted by Gasteiger charge is -2.12. The summed E-state index contributed by atoms with van der Waals surface area (Å²) < 4.78 is 2.38. The maximum absolute atomic E-state index is 5.16. The van der Waals surface area contributed by atoms with Crippen molar-refractivity contribution in [2.75, 3.05) is 0 Å². The van der Waals surface area contributed by atoms with Crippen LogP contribution in [0.1, 0.15) is 11.1 Å². The number of aryl methyl sites for hydroxylation is 2. The van der Waals surface area contributed by atoms with Crippen LogP contribution >= 0.6 is 0 Å². The molecular weight excluding hydrogens is 544 g/mol. The van der Waals surface area contributed by atoms with Crippen LogP contribution in [0.4, 0.5) is 0 Å². The molecule has 0 unspecified atom stereocenters. The Morgan fingerprint density at radius 3 is 1.33 bits per heavy atom. The molecule has 6 aromatic carbocycles. The number of pyridine rings is 1. The first-order valence-electron chi connectivity index (χ1n) is 15.5. The number of rotatable bonds is 5. The number of hydrogen-bond acceptors (Lipinski definition) is 1. The Bertz CT molecular complexity index is 2230. The summed E-state index contributed by atoms with van der Waals surface area (Å²) >= 11 is 0. The number of fused-ring (bicyclic) bond motifs is 3. The van der Waals surface area contributed by atoms with E-state index in [0.717, 1.165) is 33.8 Å². The molecule has 0 saturated carbocycles. The minimum atomic E-state index is 0.973. The topological polar surface area (TPSA) is 17.8 Å². The van der Waals surface area contributed by atoms with Gasteiger partial charge in [-0.05, 0) is 84.6 Å². The normalized spacial score (nSPS) is 11.3. The van der Waals surface area contributed by atoms with Crippen LogP contribution in [0.15, 0.2) is 158 Å². The Balaban J connectivity index is 1.36. The third-order valence-corrected chi connectivity index (χ3v) is 8.74. The molecule has 0 amide bonds. The van der Waals surface area contributed by atoms with Gasteiger partial charge in [0, 0.05) is 27.6 Å². The standard InChI is InChI=1S/C43H32N2/c1-29-13-17-32(18-14-29)40-27-36(28-41(44-40)33-19-15-30(2)16-20-33)35-22-24-43-39(26-35)38-25-34(31-9-5-3-6-10-31)21-23-42(38)45(43)37-11-7-4-8-12-37/h3-28H,1-2H3. The van der Waals surface area contributed by atoms with E-state index in [1.807, 2.05) is 0 Å². The molecule has 0 fully saturated rings. The summed E-state index contributed by atoms with van der Waals surface area (Å²) in [7, 11) is 0. The molecule has 45 heavy (non-hydrogen) atoms. The summed E-state index contributed by atoms with van der Waals surface area (Å²) in [6.45, 7) is 4.24. The monoisotopic (exact) mass is 576 g/mol. The van der Waals surface area contributed by atoms with Gasteiger partial charge in [0.05, 0.1) is 22.4 Å². The van der Waals surface area contributed by atoms with Crippen molar-refractivity contribution in [1.82, 2.24) is 9.55 Å². The fourth-order valence-corrected chi connectivity index (χ4v) is 6.31. The molecule has 0 radical (unpaired) electrons. The van der Waals surface area contributed by atoms with Crippen molar-refractivity contribution in [1.29, 1.82) is 0 Å². The second kappa shape index (κ2) is 11.1. The Morgan fingerprint density at radius 2 is 0.822 bits per heavy atom. The van der Waals surface area contributed by atoms with Gasteiger partial charge in [0.1, 0.15) is 0 Å². The predicted octanol–water partition coefficient (Wildman–Crippen LogP) is 11.5. The summed E-state index contributed by atoms with van der Waals surface area (Å²) in [5.74, 6) is 0. The highest BCUT2D eigenvalue weighted by Gasteiger charge is 2.16. The predicted molar refractivity (Wildman–Crippen MR) is 190 cm³/mol. The van der Waals surface area contributed by atoms with Gasteiger partial charge >= 0.3 is 0 Å². The highest BCUT2D eigenvalue weighted by atomic mass is 15.0. The minimum absolute atomic E-state index is 0.973. The van der Waals surface area contributed by atoms with Crippen molar-refractivity contribution < 1.29 is 0 Å². The summed E-state index contributed by atoms with van der Waals surface area (Å²) in [6.07, 6.45) is 0. The second-order valence-electron chi connectivity index (χ2n) is 11.9. The lowest BCUT2D eigenvalue weighted by Crippen LogP contribution is -1.93. The number of nitrogens with zero attached hydrogens (tertiary/aromatic N) is 2. The van der Waals surface area contributed by atoms with Gasteiger partial charge in [0.25, 0.3) is 0 Å². The SMILES string of the molecule is Cc1ccc(-c2cc(-c3ccc4c(c3)c3cc(-c5ccccc5)ccc3n4-c3ccccc3)cc(-c3ccc(C)cc3)n2)cc1. The summed E-state index contributed by atoms with van der Waals surface area (Å²) in [4.78, 5) is 5.16. The third kappa shape index (κ3) is 5.01. The van der Waals surface area contributed by atoms with Gasteiger partial charge < -0.3 is 4.57 Å². The maximum atomic E-state index is 5.16. The van der Waals surface area contributed by atoms with Crippen LogP contribution in [0.2, 0.25) is 0 Å². The molecular formula is C43H32N2. The van der Waals surface area contributed by atoms with E-state index in [1.54, 1.807) is 0 Å². The highest BCUT2D eigenvalue weighted by Crippen LogP contribution is 2.38. The van der Waals surface area contributed by atoms with Gasteiger partial charge in [-0.3, -0.25) is 0 Å². The van der Waals surface area contributed by atoms with E-state index < -0.39 is 0 Å².